The largest absolute Gasteiger partial charge is 0.490 e. The van der Waals surface area contributed by atoms with Crippen molar-refractivity contribution in [1.82, 2.24) is 15.0 Å². The smallest absolute Gasteiger partial charge is 0.475 e. The van der Waals surface area contributed by atoms with E-state index in [0.717, 1.165) is 39.7 Å². The Morgan fingerprint density at radius 3 is 2.09 bits per heavy atom. The first-order valence-electron chi connectivity index (χ1n) is 13.4. The Kier molecular flexibility index (Phi) is 11.5. The van der Waals surface area contributed by atoms with Gasteiger partial charge in [0.15, 0.2) is 0 Å². The molecule has 0 aliphatic carbocycles. The standard InChI is InChI=1S/C27H24FN5.2C2HF3O2/c1-2-17-8-11-23(28)22(14-17)25(27-31-16-24(33-27)18-6-4-3-5-7-18)32-20-9-10-21-19(15-20)12-13-30-26(21)29;2*3-2(4,5)1(6)7/h3-16,25,32H,2H2,1H3,(H2,29,30)(H,31,33);2*(H,6,7). The molecule has 1 unspecified atom stereocenters. The minimum atomic E-state index is -5.08. The zero-order valence-corrected chi connectivity index (χ0v) is 24.2. The third-order valence-electron chi connectivity index (χ3n) is 6.32. The average Bonchev–Trinajstić information content (AvgIpc) is 3.51. The molecule has 0 radical (unpaired) electrons. The number of H-pyrrole nitrogens is 1. The zero-order chi connectivity index (χ0) is 34.9. The average molecular weight is 666 g/mol. The molecular weight excluding hydrogens is 639 g/mol. The molecule has 0 saturated carbocycles. The molecule has 9 nitrogen and oxygen atoms in total. The Labute approximate surface area is 261 Å². The summed E-state index contributed by atoms with van der Waals surface area (Å²) >= 11 is 0. The molecule has 0 fully saturated rings. The Bertz CT molecular complexity index is 1800. The number of halogens is 7. The van der Waals surface area contributed by atoms with Crippen LogP contribution in [-0.4, -0.2) is 49.5 Å². The van der Waals surface area contributed by atoms with Crippen molar-refractivity contribution in [2.24, 2.45) is 0 Å². The fourth-order valence-corrected chi connectivity index (χ4v) is 4.03. The molecule has 16 heteroatoms. The number of benzene rings is 3. The molecule has 0 aliphatic heterocycles. The summed E-state index contributed by atoms with van der Waals surface area (Å²) < 4.78 is 78.5. The van der Waals surface area contributed by atoms with Crippen molar-refractivity contribution in [2.75, 3.05) is 11.1 Å². The van der Waals surface area contributed by atoms with E-state index >= 15 is 4.39 Å². The van der Waals surface area contributed by atoms with Crippen LogP contribution in [0.25, 0.3) is 22.0 Å². The monoisotopic (exact) mass is 665 g/mol. The number of nitrogens with two attached hydrogens (primary N) is 1. The lowest BCUT2D eigenvalue weighted by molar-refractivity contribution is -0.193. The zero-order valence-electron chi connectivity index (χ0n) is 24.2. The second kappa shape index (κ2) is 15.1. The molecule has 0 amide bonds. The van der Waals surface area contributed by atoms with E-state index in [0.29, 0.717) is 17.2 Å². The van der Waals surface area contributed by atoms with Gasteiger partial charge in [-0.25, -0.2) is 23.9 Å². The number of anilines is 2. The van der Waals surface area contributed by atoms with Gasteiger partial charge in [0.1, 0.15) is 23.5 Å². The van der Waals surface area contributed by atoms with Crippen LogP contribution in [0.15, 0.2) is 85.2 Å². The van der Waals surface area contributed by atoms with Crippen LogP contribution in [0.4, 0.5) is 42.2 Å². The molecule has 0 aliphatic rings. The van der Waals surface area contributed by atoms with E-state index in [9.17, 15) is 26.3 Å². The van der Waals surface area contributed by atoms with Gasteiger partial charge in [-0.2, -0.15) is 26.3 Å². The molecule has 5 rings (SSSR count). The molecule has 5 aromatic rings. The van der Waals surface area contributed by atoms with Gasteiger partial charge in [0, 0.05) is 22.8 Å². The number of hydrogen-bond acceptors (Lipinski definition) is 6. The summed E-state index contributed by atoms with van der Waals surface area (Å²) in [4.78, 5) is 30.0. The molecule has 1 atom stereocenters. The highest BCUT2D eigenvalue weighted by atomic mass is 19.4. The number of aliphatic carboxylic acids is 2. The normalized spacial score (nSPS) is 11.8. The Balaban J connectivity index is 0.000000360. The number of aromatic nitrogens is 3. The lowest BCUT2D eigenvalue weighted by Crippen LogP contribution is -2.21. The Morgan fingerprint density at radius 2 is 1.51 bits per heavy atom. The van der Waals surface area contributed by atoms with Crippen molar-refractivity contribution in [3.05, 3.63) is 108 Å². The summed E-state index contributed by atoms with van der Waals surface area (Å²) in [6.07, 6.45) is -5.88. The fraction of sp³-hybridized carbons (Fsp3) is 0.161. The number of aromatic amines is 1. The third kappa shape index (κ3) is 9.91. The number of aryl methyl sites for hydroxylation is 1. The maximum atomic E-state index is 15.1. The van der Waals surface area contributed by atoms with E-state index in [1.165, 1.54) is 6.07 Å². The molecule has 2 aromatic heterocycles. The first kappa shape index (κ1) is 35.8. The molecule has 47 heavy (non-hydrogen) atoms. The summed E-state index contributed by atoms with van der Waals surface area (Å²) in [7, 11) is 0. The van der Waals surface area contributed by atoms with Crippen LogP contribution in [-0.2, 0) is 16.0 Å². The van der Waals surface area contributed by atoms with Gasteiger partial charge in [-0.3, -0.25) is 0 Å². The highest BCUT2D eigenvalue weighted by Gasteiger charge is 2.38. The number of carboxylic acids is 2. The molecule has 6 N–H and O–H groups in total. The van der Waals surface area contributed by atoms with E-state index in [1.807, 2.05) is 66.7 Å². The minimum absolute atomic E-state index is 0.281. The second-order valence-electron chi connectivity index (χ2n) is 9.57. The quantitative estimate of drug-likeness (QED) is 0.118. The van der Waals surface area contributed by atoms with Crippen molar-refractivity contribution in [1.29, 1.82) is 0 Å². The van der Waals surface area contributed by atoms with E-state index in [-0.39, 0.29) is 5.82 Å². The lowest BCUT2D eigenvalue weighted by Gasteiger charge is -2.20. The van der Waals surface area contributed by atoms with Crippen molar-refractivity contribution in [2.45, 2.75) is 31.7 Å². The first-order valence-corrected chi connectivity index (χ1v) is 13.4. The van der Waals surface area contributed by atoms with Crippen molar-refractivity contribution in [3.8, 4) is 11.3 Å². The molecule has 3 aromatic carbocycles. The Hall–Kier alpha value is -5.67. The summed E-state index contributed by atoms with van der Waals surface area (Å²) in [5.74, 6) is -4.68. The van der Waals surface area contributed by atoms with Crippen molar-refractivity contribution < 1.29 is 50.5 Å². The van der Waals surface area contributed by atoms with Gasteiger partial charge in [-0.15, -0.1) is 0 Å². The number of fused-ring (bicyclic) bond motifs is 1. The van der Waals surface area contributed by atoms with Gasteiger partial charge >= 0.3 is 24.3 Å². The topological polar surface area (TPSA) is 154 Å². The maximum Gasteiger partial charge on any atom is 0.490 e. The number of carboxylic acid groups (broad SMARTS) is 2. The van der Waals surface area contributed by atoms with Gasteiger partial charge in [0.05, 0.1) is 11.9 Å². The number of nitrogen functional groups attached to an aromatic ring is 1. The molecule has 0 saturated heterocycles. The number of hydrogen-bond donors (Lipinski definition) is 5. The van der Waals surface area contributed by atoms with Crippen LogP contribution in [0.3, 0.4) is 0 Å². The highest BCUT2D eigenvalue weighted by Crippen LogP contribution is 2.31. The molecule has 248 valence electrons. The summed E-state index contributed by atoms with van der Waals surface area (Å²) in [6.45, 7) is 2.06. The molecule has 0 spiro atoms. The molecule has 0 bridgehead atoms. The predicted octanol–water partition coefficient (Wildman–Crippen LogP) is 7.38. The van der Waals surface area contributed by atoms with E-state index in [2.05, 4.69) is 27.2 Å². The SMILES string of the molecule is CCc1ccc(F)c(C(Nc2ccc3c(N)nccc3c2)c2ncc(-c3ccccc3)[nH]2)c1.O=C(O)C(F)(F)F.O=C(O)C(F)(F)F. The van der Waals surface area contributed by atoms with Gasteiger partial charge < -0.3 is 26.2 Å². The van der Waals surface area contributed by atoms with Crippen LogP contribution in [0.2, 0.25) is 0 Å². The van der Waals surface area contributed by atoms with E-state index in [4.69, 9.17) is 25.5 Å². The van der Waals surface area contributed by atoms with Gasteiger partial charge in [-0.05, 0) is 53.3 Å². The third-order valence-corrected chi connectivity index (χ3v) is 6.32. The van der Waals surface area contributed by atoms with Crippen molar-refractivity contribution in [3.63, 3.8) is 0 Å². The number of carbonyl (C=O) groups is 2. The number of alkyl halides is 6. The number of nitrogens with zero attached hydrogens (tertiary/aromatic N) is 2. The minimum Gasteiger partial charge on any atom is -0.475 e. The van der Waals surface area contributed by atoms with E-state index in [1.54, 1.807) is 12.4 Å². The van der Waals surface area contributed by atoms with Crippen LogP contribution in [0, 0.1) is 5.82 Å². The summed E-state index contributed by atoms with van der Waals surface area (Å²) in [5, 5.41) is 19.6. The highest BCUT2D eigenvalue weighted by molar-refractivity contribution is 5.93. The van der Waals surface area contributed by atoms with Crippen LogP contribution in [0.5, 0.6) is 0 Å². The molecular formula is C31H26F7N5O4. The fourth-order valence-electron chi connectivity index (χ4n) is 4.03. The maximum absolute atomic E-state index is 15.1. The second-order valence-corrected chi connectivity index (χ2v) is 9.57. The van der Waals surface area contributed by atoms with Crippen LogP contribution >= 0.6 is 0 Å². The van der Waals surface area contributed by atoms with Crippen molar-refractivity contribution >= 4 is 34.2 Å². The predicted molar refractivity (Wildman–Crippen MR) is 159 cm³/mol. The number of rotatable bonds is 6. The van der Waals surface area contributed by atoms with Gasteiger partial charge in [0.25, 0.3) is 0 Å². The summed E-state index contributed by atoms with van der Waals surface area (Å²) in [5.41, 5.74) is 10.3. The Morgan fingerprint density at radius 1 is 0.894 bits per heavy atom. The first-order chi connectivity index (χ1) is 22.0. The van der Waals surface area contributed by atoms with E-state index < -0.39 is 30.3 Å². The molecule has 2 heterocycles. The van der Waals surface area contributed by atoms with Crippen LogP contribution in [0.1, 0.15) is 29.9 Å². The lowest BCUT2D eigenvalue weighted by atomic mass is 10.0. The number of nitrogens with one attached hydrogen (secondary N) is 2. The van der Waals surface area contributed by atoms with Crippen LogP contribution < -0.4 is 11.1 Å². The van der Waals surface area contributed by atoms with Gasteiger partial charge in [-0.1, -0.05) is 49.4 Å². The number of pyridine rings is 1. The summed E-state index contributed by atoms with van der Waals surface area (Å²) in [6, 6.07) is 22.4. The number of imidazole rings is 1. The van der Waals surface area contributed by atoms with Gasteiger partial charge in [0.2, 0.25) is 0 Å².